The van der Waals surface area contributed by atoms with Crippen LogP contribution >= 0.6 is 0 Å². The van der Waals surface area contributed by atoms with Gasteiger partial charge in [-0.05, 0) is 13.3 Å². The highest BCUT2D eigenvalue weighted by Crippen LogP contribution is 2.07. The Morgan fingerprint density at radius 3 is 2.27 bits per heavy atom. The zero-order valence-electron chi connectivity index (χ0n) is 9.30. The van der Waals surface area contributed by atoms with E-state index < -0.39 is 11.6 Å². The molecule has 6 N–H and O–H groups in total. The first-order chi connectivity index (χ1) is 6.90. The number of nitrogens with two attached hydrogens (primary N) is 2. The van der Waals surface area contributed by atoms with Gasteiger partial charge in [0.25, 0.3) is 0 Å². The van der Waals surface area contributed by atoms with Gasteiger partial charge in [-0.1, -0.05) is 13.3 Å². The zero-order chi connectivity index (χ0) is 11.9. The van der Waals surface area contributed by atoms with Gasteiger partial charge in [-0.2, -0.15) is 0 Å². The molecular formula is C9H20N4O2. The van der Waals surface area contributed by atoms with Crippen molar-refractivity contribution in [3.05, 3.63) is 0 Å². The lowest BCUT2D eigenvalue weighted by molar-refractivity contribution is -0.126. The molecule has 0 aliphatic heterocycles. The highest BCUT2D eigenvalue weighted by atomic mass is 16.2. The minimum absolute atomic E-state index is 0.212. The van der Waals surface area contributed by atoms with Crippen molar-refractivity contribution in [1.29, 1.82) is 0 Å². The number of hydrogen-bond donors (Lipinski definition) is 4. The van der Waals surface area contributed by atoms with Crippen LogP contribution in [0.4, 0.5) is 4.79 Å². The summed E-state index contributed by atoms with van der Waals surface area (Å²) in [6.45, 7) is 4.29. The summed E-state index contributed by atoms with van der Waals surface area (Å²) >= 11 is 0. The second-order valence-corrected chi connectivity index (χ2v) is 3.71. The fraction of sp³-hybridized carbons (Fsp3) is 0.778. The molecule has 0 aromatic heterocycles. The van der Waals surface area contributed by atoms with Crippen LogP contribution in [0.15, 0.2) is 0 Å². The predicted molar refractivity (Wildman–Crippen MR) is 58.1 cm³/mol. The van der Waals surface area contributed by atoms with Crippen LogP contribution in [0.2, 0.25) is 0 Å². The molecule has 0 heterocycles. The lowest BCUT2D eigenvalue weighted by Gasteiger charge is -2.22. The van der Waals surface area contributed by atoms with Crippen molar-refractivity contribution in [3.63, 3.8) is 0 Å². The molecule has 88 valence electrons. The quantitative estimate of drug-likeness (QED) is 0.440. The van der Waals surface area contributed by atoms with Gasteiger partial charge in [-0.15, -0.1) is 0 Å². The summed E-state index contributed by atoms with van der Waals surface area (Å²) in [4.78, 5) is 21.8. The van der Waals surface area contributed by atoms with Crippen LogP contribution in [0.5, 0.6) is 0 Å². The molecule has 1 atom stereocenters. The maximum Gasteiger partial charge on any atom is 0.312 e. The van der Waals surface area contributed by atoms with Crippen molar-refractivity contribution < 1.29 is 9.59 Å². The summed E-state index contributed by atoms with van der Waals surface area (Å²) in [7, 11) is 0. The van der Waals surface area contributed by atoms with E-state index in [1.165, 1.54) is 0 Å². The van der Waals surface area contributed by atoms with Gasteiger partial charge in [0.1, 0.15) is 0 Å². The molecule has 6 nitrogen and oxygen atoms in total. The lowest BCUT2D eigenvalue weighted by Crippen LogP contribution is -2.52. The minimum atomic E-state index is -0.846. The number of amides is 3. The van der Waals surface area contributed by atoms with Crippen LogP contribution in [0.1, 0.15) is 26.7 Å². The number of rotatable bonds is 6. The third-order valence-corrected chi connectivity index (χ3v) is 2.00. The fourth-order valence-electron chi connectivity index (χ4n) is 1.20. The Morgan fingerprint density at radius 1 is 1.27 bits per heavy atom. The average molecular weight is 216 g/mol. The Kier molecular flexibility index (Phi) is 5.69. The lowest BCUT2D eigenvalue weighted by atomic mass is 9.97. The molecule has 0 rings (SSSR count). The molecular weight excluding hydrogens is 196 g/mol. The molecule has 15 heavy (non-hydrogen) atoms. The van der Waals surface area contributed by atoms with Crippen LogP contribution in [-0.4, -0.2) is 30.6 Å². The Balaban J connectivity index is 3.78. The van der Waals surface area contributed by atoms with Gasteiger partial charge in [0.15, 0.2) is 0 Å². The van der Waals surface area contributed by atoms with E-state index in [4.69, 9.17) is 11.5 Å². The first-order valence-corrected chi connectivity index (χ1v) is 5.00. The van der Waals surface area contributed by atoms with Crippen molar-refractivity contribution in [2.45, 2.75) is 32.2 Å². The number of primary amides is 1. The SMILES string of the molecule is CCCC(C)(N)C(=O)NCCNC(N)=O. The van der Waals surface area contributed by atoms with Gasteiger partial charge in [0.05, 0.1) is 5.54 Å². The van der Waals surface area contributed by atoms with E-state index >= 15 is 0 Å². The summed E-state index contributed by atoms with van der Waals surface area (Å²) in [5.41, 5.74) is 9.80. The maximum atomic E-state index is 11.5. The molecule has 0 saturated carbocycles. The molecule has 0 aromatic rings. The highest BCUT2D eigenvalue weighted by molar-refractivity contribution is 5.85. The van der Waals surface area contributed by atoms with Gasteiger partial charge < -0.3 is 22.1 Å². The van der Waals surface area contributed by atoms with Gasteiger partial charge in [0.2, 0.25) is 5.91 Å². The second-order valence-electron chi connectivity index (χ2n) is 3.71. The van der Waals surface area contributed by atoms with Crippen molar-refractivity contribution >= 4 is 11.9 Å². The van der Waals surface area contributed by atoms with Gasteiger partial charge in [0, 0.05) is 13.1 Å². The zero-order valence-corrected chi connectivity index (χ0v) is 9.30. The van der Waals surface area contributed by atoms with E-state index in [9.17, 15) is 9.59 Å². The number of urea groups is 1. The van der Waals surface area contributed by atoms with Crippen molar-refractivity contribution in [2.24, 2.45) is 11.5 Å². The third kappa shape index (κ3) is 5.90. The van der Waals surface area contributed by atoms with Crippen molar-refractivity contribution in [2.75, 3.05) is 13.1 Å². The molecule has 0 bridgehead atoms. The van der Waals surface area contributed by atoms with Crippen LogP contribution in [0, 0.1) is 0 Å². The molecule has 0 aromatic carbocycles. The number of hydrogen-bond acceptors (Lipinski definition) is 3. The Labute approximate surface area is 89.8 Å². The Hall–Kier alpha value is -1.30. The van der Waals surface area contributed by atoms with Crippen LogP contribution in [0.3, 0.4) is 0 Å². The summed E-state index contributed by atoms with van der Waals surface area (Å²) in [5.74, 6) is -0.212. The fourth-order valence-corrected chi connectivity index (χ4v) is 1.20. The van der Waals surface area contributed by atoms with E-state index in [2.05, 4.69) is 10.6 Å². The van der Waals surface area contributed by atoms with E-state index in [0.717, 1.165) is 6.42 Å². The number of carbonyl (C=O) groups is 2. The van der Waals surface area contributed by atoms with Crippen LogP contribution < -0.4 is 22.1 Å². The summed E-state index contributed by atoms with van der Waals surface area (Å²) in [5, 5.41) is 5.00. The Morgan fingerprint density at radius 2 is 1.80 bits per heavy atom. The average Bonchev–Trinajstić information content (AvgIpc) is 2.11. The summed E-state index contributed by atoms with van der Waals surface area (Å²) in [6.07, 6.45) is 1.47. The standard InChI is InChI=1S/C9H20N4O2/c1-3-4-9(2,11)7(14)12-5-6-13-8(10)15/h3-6,11H2,1-2H3,(H,12,14)(H3,10,13,15). The van der Waals surface area contributed by atoms with Gasteiger partial charge in [-0.3, -0.25) is 4.79 Å². The molecule has 0 aliphatic carbocycles. The molecule has 3 amide bonds. The van der Waals surface area contributed by atoms with E-state index in [1.54, 1.807) is 6.92 Å². The second kappa shape index (κ2) is 6.23. The molecule has 0 radical (unpaired) electrons. The third-order valence-electron chi connectivity index (χ3n) is 2.00. The molecule has 6 heteroatoms. The van der Waals surface area contributed by atoms with Crippen molar-refractivity contribution in [3.8, 4) is 0 Å². The molecule has 0 spiro atoms. The first kappa shape index (κ1) is 13.7. The highest BCUT2D eigenvalue weighted by Gasteiger charge is 2.26. The maximum absolute atomic E-state index is 11.5. The van der Waals surface area contributed by atoms with E-state index in [-0.39, 0.29) is 5.91 Å². The normalized spacial score (nSPS) is 14.1. The van der Waals surface area contributed by atoms with Gasteiger partial charge in [-0.25, -0.2) is 4.79 Å². The van der Waals surface area contributed by atoms with Crippen LogP contribution in [0.25, 0.3) is 0 Å². The minimum Gasteiger partial charge on any atom is -0.353 e. The smallest absolute Gasteiger partial charge is 0.312 e. The molecule has 1 unspecified atom stereocenters. The first-order valence-electron chi connectivity index (χ1n) is 5.00. The topological polar surface area (TPSA) is 110 Å². The number of nitrogens with one attached hydrogen (secondary N) is 2. The van der Waals surface area contributed by atoms with Crippen molar-refractivity contribution in [1.82, 2.24) is 10.6 Å². The molecule has 0 fully saturated rings. The van der Waals surface area contributed by atoms with E-state index in [0.29, 0.717) is 19.5 Å². The van der Waals surface area contributed by atoms with Crippen LogP contribution in [-0.2, 0) is 4.79 Å². The largest absolute Gasteiger partial charge is 0.353 e. The van der Waals surface area contributed by atoms with E-state index in [1.807, 2.05) is 6.92 Å². The molecule has 0 saturated heterocycles. The summed E-state index contributed by atoms with van der Waals surface area (Å²) in [6, 6.07) is -0.603. The predicted octanol–water partition coefficient (Wildman–Crippen LogP) is -0.712. The molecule has 0 aliphatic rings. The van der Waals surface area contributed by atoms with Gasteiger partial charge >= 0.3 is 6.03 Å². The summed E-state index contributed by atoms with van der Waals surface area (Å²) < 4.78 is 0. The monoisotopic (exact) mass is 216 g/mol. The number of carbonyl (C=O) groups excluding carboxylic acids is 2. The Bertz CT molecular complexity index is 228.